The number of carboxylic acids is 2. The van der Waals surface area contributed by atoms with Crippen molar-refractivity contribution in [3.8, 4) is 0 Å². The van der Waals surface area contributed by atoms with Crippen molar-refractivity contribution in [1.82, 2.24) is 5.32 Å². The quantitative estimate of drug-likeness (QED) is 0.607. The van der Waals surface area contributed by atoms with Gasteiger partial charge in [-0.15, -0.1) is 0 Å². The molecule has 1 aliphatic rings. The summed E-state index contributed by atoms with van der Waals surface area (Å²) in [5, 5.41) is 19.9. The minimum Gasteiger partial charge on any atom is -0.481 e. The molecule has 7 heteroatoms. The van der Waals surface area contributed by atoms with Gasteiger partial charge >= 0.3 is 11.9 Å². The van der Waals surface area contributed by atoms with Crippen LogP contribution >= 0.6 is 0 Å². The molecule has 0 bridgehead atoms. The number of ether oxygens (including phenoxy) is 1. The van der Waals surface area contributed by atoms with Crippen molar-refractivity contribution in [2.24, 2.45) is 0 Å². The summed E-state index contributed by atoms with van der Waals surface area (Å²) in [7, 11) is 0. The fourth-order valence-electron chi connectivity index (χ4n) is 2.14. The Bertz CT molecular complexity index is 351. The average molecular weight is 287 g/mol. The first-order valence-electron chi connectivity index (χ1n) is 6.84. The van der Waals surface area contributed by atoms with Crippen LogP contribution in [-0.4, -0.2) is 46.8 Å². The number of hydrogen-bond donors (Lipinski definition) is 3. The highest BCUT2D eigenvalue weighted by Crippen LogP contribution is 2.15. The van der Waals surface area contributed by atoms with E-state index in [1.807, 2.05) is 0 Å². The molecule has 114 valence electrons. The van der Waals surface area contributed by atoms with E-state index in [4.69, 9.17) is 14.9 Å². The number of amides is 1. The zero-order valence-electron chi connectivity index (χ0n) is 11.3. The highest BCUT2D eigenvalue weighted by atomic mass is 16.5. The van der Waals surface area contributed by atoms with Crippen LogP contribution in [0, 0.1) is 0 Å². The number of carboxylic acid groups (broad SMARTS) is 2. The fraction of sp³-hybridized carbons (Fsp3) is 0.769. The molecular weight excluding hydrogens is 266 g/mol. The maximum Gasteiger partial charge on any atom is 0.326 e. The first kappa shape index (κ1) is 16.4. The van der Waals surface area contributed by atoms with Gasteiger partial charge in [-0.2, -0.15) is 0 Å². The second-order valence-corrected chi connectivity index (χ2v) is 4.94. The number of carbonyl (C=O) groups excluding carboxylic acids is 1. The number of rotatable bonds is 8. The molecule has 0 aromatic rings. The lowest BCUT2D eigenvalue weighted by Gasteiger charge is -2.23. The molecule has 0 radical (unpaired) electrons. The van der Waals surface area contributed by atoms with Crippen molar-refractivity contribution in [2.45, 2.75) is 57.1 Å². The zero-order chi connectivity index (χ0) is 15.0. The Hall–Kier alpha value is -1.63. The minimum atomic E-state index is -1.15. The summed E-state index contributed by atoms with van der Waals surface area (Å²) < 4.78 is 5.42. The molecule has 2 atom stereocenters. The predicted molar refractivity (Wildman–Crippen MR) is 69.3 cm³/mol. The van der Waals surface area contributed by atoms with Gasteiger partial charge in [0.05, 0.1) is 12.5 Å². The lowest BCUT2D eigenvalue weighted by atomic mass is 10.1. The van der Waals surface area contributed by atoms with Crippen LogP contribution in [-0.2, 0) is 19.1 Å². The monoisotopic (exact) mass is 287 g/mol. The van der Waals surface area contributed by atoms with Crippen LogP contribution in [0.5, 0.6) is 0 Å². The van der Waals surface area contributed by atoms with Crippen LogP contribution in [0.2, 0.25) is 0 Å². The second kappa shape index (κ2) is 8.52. The number of carbonyl (C=O) groups is 3. The van der Waals surface area contributed by atoms with Gasteiger partial charge in [-0.25, -0.2) is 4.79 Å². The van der Waals surface area contributed by atoms with E-state index in [1.54, 1.807) is 0 Å². The standard InChI is InChI=1S/C13H21NO6/c15-11(8-9-4-1-2-7-20-9)14-10(13(18)19)5-3-6-12(16)17/h9-10H,1-8H2,(H,14,15)(H,16,17)(H,18,19)/t9?,10-/m1/s1. The van der Waals surface area contributed by atoms with Crippen molar-refractivity contribution in [2.75, 3.05) is 6.61 Å². The smallest absolute Gasteiger partial charge is 0.326 e. The van der Waals surface area contributed by atoms with Gasteiger partial charge in [0.1, 0.15) is 6.04 Å². The van der Waals surface area contributed by atoms with Crippen molar-refractivity contribution < 1.29 is 29.3 Å². The molecule has 0 aliphatic carbocycles. The van der Waals surface area contributed by atoms with Crippen molar-refractivity contribution in [1.29, 1.82) is 0 Å². The molecule has 1 unspecified atom stereocenters. The van der Waals surface area contributed by atoms with Gasteiger partial charge in [0, 0.05) is 13.0 Å². The van der Waals surface area contributed by atoms with E-state index in [2.05, 4.69) is 5.32 Å². The Morgan fingerprint density at radius 3 is 2.55 bits per heavy atom. The van der Waals surface area contributed by atoms with Crippen LogP contribution in [0.15, 0.2) is 0 Å². The van der Waals surface area contributed by atoms with E-state index in [-0.39, 0.29) is 37.7 Å². The minimum absolute atomic E-state index is 0.106. The molecule has 1 aliphatic heterocycles. The molecule has 0 aromatic carbocycles. The van der Waals surface area contributed by atoms with E-state index < -0.39 is 18.0 Å². The van der Waals surface area contributed by atoms with Gasteiger partial charge in [0.25, 0.3) is 0 Å². The summed E-state index contributed by atoms with van der Waals surface area (Å²) in [6.45, 7) is 0.638. The molecular formula is C13H21NO6. The van der Waals surface area contributed by atoms with Gasteiger partial charge in [0.15, 0.2) is 0 Å². The molecule has 0 aromatic heterocycles. The maximum atomic E-state index is 11.8. The highest BCUT2D eigenvalue weighted by molar-refractivity contribution is 5.83. The predicted octanol–water partition coefficient (Wildman–Crippen LogP) is 0.770. The van der Waals surface area contributed by atoms with E-state index >= 15 is 0 Å². The summed E-state index contributed by atoms with van der Waals surface area (Å²) in [5.74, 6) is -2.48. The Balaban J connectivity index is 2.33. The first-order valence-corrected chi connectivity index (χ1v) is 6.84. The Kier molecular flexibility index (Phi) is 7.00. The lowest BCUT2D eigenvalue weighted by molar-refractivity contribution is -0.143. The van der Waals surface area contributed by atoms with Crippen LogP contribution in [0.1, 0.15) is 44.9 Å². The number of aliphatic carboxylic acids is 2. The normalized spacial score (nSPS) is 20.1. The molecule has 0 saturated carbocycles. The van der Waals surface area contributed by atoms with Gasteiger partial charge in [-0.1, -0.05) is 0 Å². The van der Waals surface area contributed by atoms with Gasteiger partial charge < -0.3 is 20.3 Å². The van der Waals surface area contributed by atoms with Crippen LogP contribution in [0.3, 0.4) is 0 Å². The summed E-state index contributed by atoms with van der Waals surface area (Å²) >= 11 is 0. The molecule has 7 nitrogen and oxygen atoms in total. The molecule has 1 rings (SSSR count). The molecule has 1 saturated heterocycles. The van der Waals surface area contributed by atoms with E-state index in [0.29, 0.717) is 6.61 Å². The average Bonchev–Trinajstić information content (AvgIpc) is 2.38. The van der Waals surface area contributed by atoms with Crippen LogP contribution in [0.25, 0.3) is 0 Å². The van der Waals surface area contributed by atoms with E-state index in [9.17, 15) is 14.4 Å². The van der Waals surface area contributed by atoms with E-state index in [0.717, 1.165) is 19.3 Å². The third kappa shape index (κ3) is 6.51. The van der Waals surface area contributed by atoms with Crippen molar-refractivity contribution in [3.63, 3.8) is 0 Å². The molecule has 1 amide bonds. The van der Waals surface area contributed by atoms with Gasteiger partial charge in [-0.05, 0) is 32.1 Å². The van der Waals surface area contributed by atoms with Crippen molar-refractivity contribution in [3.05, 3.63) is 0 Å². The third-order valence-electron chi connectivity index (χ3n) is 3.20. The van der Waals surface area contributed by atoms with Crippen LogP contribution in [0.4, 0.5) is 0 Å². The summed E-state index contributed by atoms with van der Waals surface area (Å²) in [4.78, 5) is 33.1. The zero-order valence-corrected chi connectivity index (χ0v) is 11.3. The summed E-state index contributed by atoms with van der Waals surface area (Å²) in [5.41, 5.74) is 0. The Morgan fingerprint density at radius 2 is 2.00 bits per heavy atom. The largest absolute Gasteiger partial charge is 0.481 e. The Morgan fingerprint density at radius 1 is 1.25 bits per heavy atom. The molecule has 3 N–H and O–H groups in total. The third-order valence-corrected chi connectivity index (χ3v) is 3.20. The molecule has 1 heterocycles. The van der Waals surface area contributed by atoms with Crippen LogP contribution < -0.4 is 5.32 Å². The second-order valence-electron chi connectivity index (χ2n) is 4.94. The van der Waals surface area contributed by atoms with Gasteiger partial charge in [-0.3, -0.25) is 9.59 Å². The Labute approximate surface area is 117 Å². The van der Waals surface area contributed by atoms with E-state index in [1.165, 1.54) is 0 Å². The maximum absolute atomic E-state index is 11.8. The van der Waals surface area contributed by atoms with Gasteiger partial charge in [0.2, 0.25) is 5.91 Å². The van der Waals surface area contributed by atoms with Crippen molar-refractivity contribution >= 4 is 17.8 Å². The lowest BCUT2D eigenvalue weighted by Crippen LogP contribution is -2.42. The molecule has 1 fully saturated rings. The highest BCUT2D eigenvalue weighted by Gasteiger charge is 2.23. The molecule has 20 heavy (non-hydrogen) atoms. The SMILES string of the molecule is O=C(O)CCC[C@@H](NC(=O)CC1CCCCO1)C(=O)O. The topological polar surface area (TPSA) is 113 Å². The number of hydrogen-bond acceptors (Lipinski definition) is 4. The summed E-state index contributed by atoms with van der Waals surface area (Å²) in [6.07, 6.45) is 3.05. The fourth-order valence-corrected chi connectivity index (χ4v) is 2.14. The summed E-state index contributed by atoms with van der Waals surface area (Å²) in [6, 6.07) is -1.04. The molecule has 0 spiro atoms. The number of nitrogens with one attached hydrogen (secondary N) is 1. The first-order chi connectivity index (χ1) is 9.49.